The molecular weight excluding hydrogens is 339 g/mol. The monoisotopic (exact) mass is 363 g/mol. The topological polar surface area (TPSA) is 64.1 Å². The summed E-state index contributed by atoms with van der Waals surface area (Å²) in [6.45, 7) is 2.31. The first-order chi connectivity index (χ1) is 11.8. The van der Waals surface area contributed by atoms with E-state index in [0.29, 0.717) is 35.3 Å². The minimum absolute atomic E-state index is 0.199. The molecule has 25 heavy (non-hydrogen) atoms. The van der Waals surface area contributed by atoms with Gasteiger partial charge in [0, 0.05) is 24.7 Å². The maximum absolute atomic E-state index is 12.3. The molecule has 0 unspecified atom stereocenters. The van der Waals surface area contributed by atoms with Crippen molar-refractivity contribution in [2.75, 3.05) is 34.4 Å². The Labute approximate surface area is 145 Å². The molecule has 2 N–H and O–H groups in total. The van der Waals surface area contributed by atoms with E-state index >= 15 is 0 Å². The number of hydrogen-bond acceptors (Lipinski definition) is 4. The van der Waals surface area contributed by atoms with Gasteiger partial charge in [-0.3, -0.25) is 0 Å². The number of nitrogens with zero attached hydrogens (tertiary/aromatic N) is 1. The van der Waals surface area contributed by atoms with Crippen molar-refractivity contribution in [3.8, 4) is 17.2 Å². The van der Waals surface area contributed by atoms with E-state index in [0.717, 1.165) is 0 Å². The van der Waals surface area contributed by atoms with E-state index in [-0.39, 0.29) is 13.1 Å². The average Bonchev–Trinajstić information content (AvgIpc) is 2.57. The van der Waals surface area contributed by atoms with E-state index in [9.17, 15) is 13.2 Å². The predicted molar refractivity (Wildman–Crippen MR) is 89.6 cm³/mol. The SMILES string of the molecule is CCNC(=NCc1cc(OC)c(OC)cc1OC)NCCC(F)(F)F. The summed E-state index contributed by atoms with van der Waals surface area (Å²) < 4.78 is 52.5. The van der Waals surface area contributed by atoms with E-state index in [1.54, 1.807) is 12.1 Å². The number of aliphatic imine (C=N–C) groups is 1. The normalized spacial score (nSPS) is 11.9. The Morgan fingerprint density at radius 1 is 1.00 bits per heavy atom. The number of halogens is 3. The summed E-state index contributed by atoms with van der Waals surface area (Å²) in [7, 11) is 4.55. The van der Waals surface area contributed by atoms with Gasteiger partial charge in [0.25, 0.3) is 0 Å². The number of alkyl halides is 3. The zero-order valence-corrected chi connectivity index (χ0v) is 14.8. The molecule has 1 aromatic carbocycles. The minimum atomic E-state index is -4.21. The van der Waals surface area contributed by atoms with Crippen molar-refractivity contribution < 1.29 is 27.4 Å². The molecule has 0 saturated carbocycles. The zero-order valence-electron chi connectivity index (χ0n) is 14.8. The molecule has 142 valence electrons. The number of methoxy groups -OCH3 is 3. The first kappa shape index (κ1) is 20.7. The summed E-state index contributed by atoms with van der Waals surface area (Å²) in [5.74, 6) is 1.88. The third-order valence-corrected chi connectivity index (χ3v) is 3.24. The second kappa shape index (κ2) is 9.85. The third-order valence-electron chi connectivity index (χ3n) is 3.24. The number of guanidine groups is 1. The molecule has 0 aliphatic heterocycles. The van der Waals surface area contributed by atoms with Crippen LogP contribution < -0.4 is 24.8 Å². The van der Waals surface area contributed by atoms with Gasteiger partial charge >= 0.3 is 6.18 Å². The Bertz CT molecular complexity index is 578. The van der Waals surface area contributed by atoms with Crippen LogP contribution in [0.2, 0.25) is 0 Å². The van der Waals surface area contributed by atoms with Crippen molar-refractivity contribution in [1.82, 2.24) is 10.6 Å². The molecule has 6 nitrogen and oxygen atoms in total. The molecule has 0 spiro atoms. The summed E-state index contributed by atoms with van der Waals surface area (Å²) in [5, 5.41) is 5.56. The van der Waals surface area contributed by atoms with Crippen molar-refractivity contribution in [1.29, 1.82) is 0 Å². The van der Waals surface area contributed by atoms with Gasteiger partial charge in [-0.15, -0.1) is 0 Å². The lowest BCUT2D eigenvalue weighted by atomic mass is 10.1. The third kappa shape index (κ3) is 6.98. The van der Waals surface area contributed by atoms with Crippen LogP contribution in [-0.2, 0) is 6.54 Å². The Kier molecular flexibility index (Phi) is 8.17. The van der Waals surface area contributed by atoms with Gasteiger partial charge in [-0.25, -0.2) is 4.99 Å². The molecule has 0 aliphatic carbocycles. The van der Waals surface area contributed by atoms with Crippen LogP contribution in [-0.4, -0.2) is 46.6 Å². The van der Waals surface area contributed by atoms with Crippen LogP contribution >= 0.6 is 0 Å². The van der Waals surface area contributed by atoms with E-state index in [1.807, 2.05) is 6.92 Å². The van der Waals surface area contributed by atoms with E-state index < -0.39 is 12.6 Å². The van der Waals surface area contributed by atoms with Crippen LogP contribution in [0.4, 0.5) is 13.2 Å². The maximum Gasteiger partial charge on any atom is 0.390 e. The average molecular weight is 363 g/mol. The highest BCUT2D eigenvalue weighted by Crippen LogP contribution is 2.34. The molecule has 0 radical (unpaired) electrons. The first-order valence-corrected chi connectivity index (χ1v) is 7.72. The van der Waals surface area contributed by atoms with Crippen LogP contribution in [0.15, 0.2) is 17.1 Å². The fourth-order valence-corrected chi connectivity index (χ4v) is 2.04. The number of benzene rings is 1. The second-order valence-corrected chi connectivity index (χ2v) is 5.01. The summed E-state index contributed by atoms with van der Waals surface area (Å²) in [5.41, 5.74) is 0.716. The largest absolute Gasteiger partial charge is 0.496 e. The number of ether oxygens (including phenoxy) is 3. The van der Waals surface area contributed by atoms with Crippen molar-refractivity contribution in [2.24, 2.45) is 4.99 Å². The fraction of sp³-hybridized carbons (Fsp3) is 0.562. The summed E-state index contributed by atoms with van der Waals surface area (Å²) in [6, 6.07) is 3.40. The van der Waals surface area contributed by atoms with Gasteiger partial charge in [0.05, 0.1) is 34.3 Å². The van der Waals surface area contributed by atoms with Crippen molar-refractivity contribution in [3.63, 3.8) is 0 Å². The fourth-order valence-electron chi connectivity index (χ4n) is 2.04. The van der Waals surface area contributed by atoms with Gasteiger partial charge in [-0.05, 0) is 13.0 Å². The molecule has 0 aliphatic rings. The molecule has 0 aromatic heterocycles. The highest BCUT2D eigenvalue weighted by molar-refractivity contribution is 5.79. The molecule has 1 rings (SSSR count). The standard InChI is InChI=1S/C16H24F3N3O3/c1-5-20-15(21-7-6-16(17,18)19)22-10-11-8-13(24-3)14(25-4)9-12(11)23-2/h8-9H,5-7,10H2,1-4H3,(H2,20,21,22). The van der Waals surface area contributed by atoms with Crippen molar-refractivity contribution in [2.45, 2.75) is 26.1 Å². The highest BCUT2D eigenvalue weighted by Gasteiger charge is 2.26. The molecule has 0 atom stereocenters. The van der Waals surface area contributed by atoms with Crippen LogP contribution in [0.1, 0.15) is 18.9 Å². The predicted octanol–water partition coefficient (Wildman–Crippen LogP) is 2.72. The van der Waals surface area contributed by atoms with E-state index in [4.69, 9.17) is 14.2 Å². The number of rotatable bonds is 8. The maximum atomic E-state index is 12.3. The first-order valence-electron chi connectivity index (χ1n) is 7.72. The summed E-state index contributed by atoms with van der Waals surface area (Å²) in [6.07, 6.45) is -5.14. The lowest BCUT2D eigenvalue weighted by Gasteiger charge is -2.15. The van der Waals surface area contributed by atoms with Crippen LogP contribution in [0.25, 0.3) is 0 Å². The summed E-state index contributed by atoms with van der Waals surface area (Å²) >= 11 is 0. The van der Waals surface area contributed by atoms with Crippen molar-refractivity contribution in [3.05, 3.63) is 17.7 Å². The Morgan fingerprint density at radius 3 is 2.12 bits per heavy atom. The van der Waals surface area contributed by atoms with Crippen molar-refractivity contribution >= 4 is 5.96 Å². The lowest BCUT2D eigenvalue weighted by Crippen LogP contribution is -2.38. The van der Waals surface area contributed by atoms with Crippen LogP contribution in [0.3, 0.4) is 0 Å². The highest BCUT2D eigenvalue weighted by atomic mass is 19.4. The molecular formula is C16H24F3N3O3. The van der Waals surface area contributed by atoms with Gasteiger partial charge in [-0.1, -0.05) is 0 Å². The van der Waals surface area contributed by atoms with Gasteiger partial charge < -0.3 is 24.8 Å². The Balaban J connectivity index is 2.90. The lowest BCUT2D eigenvalue weighted by molar-refractivity contribution is -0.132. The quantitative estimate of drug-likeness (QED) is 0.549. The Morgan fingerprint density at radius 2 is 1.60 bits per heavy atom. The van der Waals surface area contributed by atoms with Gasteiger partial charge in [0.2, 0.25) is 0 Å². The Hall–Kier alpha value is -2.32. The van der Waals surface area contributed by atoms with Gasteiger partial charge in [-0.2, -0.15) is 13.2 Å². The zero-order chi connectivity index (χ0) is 18.9. The number of nitrogens with one attached hydrogen (secondary N) is 2. The molecule has 9 heteroatoms. The molecule has 0 amide bonds. The molecule has 1 aromatic rings. The number of hydrogen-bond donors (Lipinski definition) is 2. The molecule has 0 fully saturated rings. The minimum Gasteiger partial charge on any atom is -0.496 e. The molecule has 0 saturated heterocycles. The van der Waals surface area contributed by atoms with Crippen LogP contribution in [0.5, 0.6) is 17.2 Å². The smallest absolute Gasteiger partial charge is 0.390 e. The molecule has 0 heterocycles. The molecule has 0 bridgehead atoms. The summed E-state index contributed by atoms with van der Waals surface area (Å²) in [4.78, 5) is 4.29. The van der Waals surface area contributed by atoms with Gasteiger partial charge in [0.1, 0.15) is 5.75 Å². The van der Waals surface area contributed by atoms with Crippen LogP contribution in [0, 0.1) is 0 Å². The second-order valence-electron chi connectivity index (χ2n) is 5.01. The van der Waals surface area contributed by atoms with E-state index in [1.165, 1.54) is 21.3 Å². The van der Waals surface area contributed by atoms with Gasteiger partial charge in [0.15, 0.2) is 17.5 Å². The van der Waals surface area contributed by atoms with E-state index in [2.05, 4.69) is 15.6 Å².